The number of hydrogen-bond acceptors (Lipinski definition) is 7. The van der Waals surface area contributed by atoms with Gasteiger partial charge in [-0.25, -0.2) is 4.79 Å². The summed E-state index contributed by atoms with van der Waals surface area (Å²) in [6.45, 7) is -0.619. The third-order valence-electron chi connectivity index (χ3n) is 2.37. The number of amides is 3. The first-order valence-corrected chi connectivity index (χ1v) is 6.45. The molecular formula is C10H18N4O6S. The van der Waals surface area contributed by atoms with Gasteiger partial charge in [-0.15, -0.1) is 0 Å². The average Bonchev–Trinajstić information content (AvgIpc) is 2.41. The number of nitrogens with one attached hydrogen (secondary N) is 2. The number of carboxylic acids is 1. The van der Waals surface area contributed by atoms with E-state index in [1.807, 2.05) is 0 Å². The topological polar surface area (TPSA) is 185 Å². The van der Waals surface area contributed by atoms with Crippen LogP contribution in [0.25, 0.3) is 0 Å². The Morgan fingerprint density at radius 1 is 1.10 bits per heavy atom. The summed E-state index contributed by atoms with van der Waals surface area (Å²) in [5.74, 6) is -4.15. The Balaban J connectivity index is 4.73. The van der Waals surface area contributed by atoms with Gasteiger partial charge in [0, 0.05) is 5.75 Å². The van der Waals surface area contributed by atoms with Gasteiger partial charge in [0.15, 0.2) is 0 Å². The number of carbonyl (C=O) groups is 4. The number of carbonyl (C=O) groups excluding carboxylic acids is 3. The van der Waals surface area contributed by atoms with Crippen molar-refractivity contribution in [1.29, 1.82) is 0 Å². The Kier molecular flexibility index (Phi) is 8.35. The Morgan fingerprint density at radius 3 is 2.00 bits per heavy atom. The first-order valence-electron chi connectivity index (χ1n) is 5.82. The Labute approximate surface area is 125 Å². The number of carboxylic acid groups (broad SMARTS) is 1. The Morgan fingerprint density at radius 2 is 1.62 bits per heavy atom. The summed E-state index contributed by atoms with van der Waals surface area (Å²) in [6.07, 6.45) is -0.593. The van der Waals surface area contributed by atoms with E-state index in [1.54, 1.807) is 0 Å². The van der Waals surface area contributed by atoms with Gasteiger partial charge in [0.05, 0.1) is 13.0 Å². The first kappa shape index (κ1) is 19.1. The van der Waals surface area contributed by atoms with E-state index in [9.17, 15) is 19.2 Å². The minimum Gasteiger partial charge on any atom is -0.480 e. The summed E-state index contributed by atoms with van der Waals surface area (Å²) in [5.41, 5.74) is 10.1. The van der Waals surface area contributed by atoms with Gasteiger partial charge in [0.1, 0.15) is 18.1 Å². The van der Waals surface area contributed by atoms with Crippen LogP contribution in [0.4, 0.5) is 0 Å². The van der Waals surface area contributed by atoms with E-state index in [0.717, 1.165) is 0 Å². The number of nitrogens with two attached hydrogens (primary N) is 2. The summed E-state index contributed by atoms with van der Waals surface area (Å²) >= 11 is 3.85. The quantitative estimate of drug-likeness (QED) is 0.212. The third kappa shape index (κ3) is 6.92. The lowest BCUT2D eigenvalue weighted by Crippen LogP contribution is -2.56. The third-order valence-corrected chi connectivity index (χ3v) is 2.73. The highest BCUT2D eigenvalue weighted by Crippen LogP contribution is 1.96. The largest absolute Gasteiger partial charge is 0.480 e. The molecule has 0 aromatic carbocycles. The van der Waals surface area contributed by atoms with E-state index >= 15 is 0 Å². The summed E-state index contributed by atoms with van der Waals surface area (Å²) in [6, 6.07) is -3.91. The van der Waals surface area contributed by atoms with Crippen molar-refractivity contribution >= 4 is 36.3 Å². The summed E-state index contributed by atoms with van der Waals surface area (Å²) in [4.78, 5) is 44.9. The molecule has 0 aliphatic carbocycles. The molecule has 0 bridgehead atoms. The lowest BCUT2D eigenvalue weighted by Gasteiger charge is -2.20. The maximum atomic E-state index is 11.8. The van der Waals surface area contributed by atoms with Crippen molar-refractivity contribution in [3.05, 3.63) is 0 Å². The molecule has 0 aromatic rings. The molecule has 21 heavy (non-hydrogen) atoms. The average molecular weight is 322 g/mol. The molecule has 0 saturated carbocycles. The Bertz CT molecular complexity index is 418. The fourth-order valence-corrected chi connectivity index (χ4v) is 1.49. The summed E-state index contributed by atoms with van der Waals surface area (Å²) in [5, 5.41) is 21.8. The van der Waals surface area contributed by atoms with Crippen LogP contribution in [0.2, 0.25) is 0 Å². The standard InChI is InChI=1S/C10H18N4O6S/c11-4(2-15)8(17)14-6(3-21)9(18)13-5(10(19)20)1-7(12)16/h4-6,15,21H,1-3,11H2,(H2,12,16)(H,13,18)(H,14,17)(H,19,20)/t4-,5-,6-/m0/s1. The molecule has 3 amide bonds. The van der Waals surface area contributed by atoms with Crippen LogP contribution in [0, 0.1) is 0 Å². The zero-order chi connectivity index (χ0) is 16.6. The molecule has 0 saturated heterocycles. The predicted molar refractivity (Wildman–Crippen MR) is 74.2 cm³/mol. The van der Waals surface area contributed by atoms with Gasteiger partial charge < -0.3 is 32.3 Å². The molecule has 3 atom stereocenters. The van der Waals surface area contributed by atoms with E-state index < -0.39 is 54.8 Å². The molecule has 10 nitrogen and oxygen atoms in total. The number of thiol groups is 1. The van der Waals surface area contributed by atoms with E-state index in [-0.39, 0.29) is 5.75 Å². The van der Waals surface area contributed by atoms with Crippen LogP contribution >= 0.6 is 12.6 Å². The number of hydrogen-bond donors (Lipinski definition) is 7. The molecule has 8 N–H and O–H groups in total. The van der Waals surface area contributed by atoms with Crippen molar-refractivity contribution < 1.29 is 29.4 Å². The van der Waals surface area contributed by atoms with Gasteiger partial charge in [0.2, 0.25) is 17.7 Å². The van der Waals surface area contributed by atoms with Crippen LogP contribution < -0.4 is 22.1 Å². The smallest absolute Gasteiger partial charge is 0.326 e. The molecule has 0 heterocycles. The van der Waals surface area contributed by atoms with E-state index in [0.29, 0.717) is 0 Å². The fraction of sp³-hybridized carbons (Fsp3) is 0.600. The molecule has 0 aliphatic rings. The molecule has 0 rings (SSSR count). The highest BCUT2D eigenvalue weighted by atomic mass is 32.1. The van der Waals surface area contributed by atoms with Crippen molar-refractivity contribution in [3.63, 3.8) is 0 Å². The van der Waals surface area contributed by atoms with Gasteiger partial charge in [-0.3, -0.25) is 14.4 Å². The van der Waals surface area contributed by atoms with Gasteiger partial charge >= 0.3 is 5.97 Å². The number of primary amides is 1. The molecule has 0 radical (unpaired) electrons. The fourth-order valence-electron chi connectivity index (χ4n) is 1.23. The lowest BCUT2D eigenvalue weighted by molar-refractivity contribution is -0.143. The van der Waals surface area contributed by atoms with E-state index in [4.69, 9.17) is 21.7 Å². The highest BCUT2D eigenvalue weighted by Gasteiger charge is 2.27. The second-order valence-electron chi connectivity index (χ2n) is 4.10. The van der Waals surface area contributed by atoms with Crippen molar-refractivity contribution in [2.75, 3.05) is 12.4 Å². The minimum atomic E-state index is -1.51. The van der Waals surface area contributed by atoms with Gasteiger partial charge in [-0.05, 0) is 0 Å². The molecule has 11 heteroatoms. The van der Waals surface area contributed by atoms with E-state index in [1.165, 1.54) is 0 Å². The number of aliphatic carboxylic acids is 1. The number of aliphatic hydroxyl groups is 1. The molecule has 0 unspecified atom stereocenters. The maximum Gasteiger partial charge on any atom is 0.326 e. The molecule has 0 fully saturated rings. The van der Waals surface area contributed by atoms with Crippen molar-refractivity contribution in [2.45, 2.75) is 24.5 Å². The summed E-state index contributed by atoms with van der Waals surface area (Å²) in [7, 11) is 0. The second-order valence-corrected chi connectivity index (χ2v) is 4.47. The van der Waals surface area contributed by atoms with Crippen molar-refractivity contribution in [2.24, 2.45) is 11.5 Å². The molecule has 0 spiro atoms. The lowest BCUT2D eigenvalue weighted by atomic mass is 10.1. The van der Waals surface area contributed by atoms with Crippen LogP contribution in [-0.4, -0.2) is 64.4 Å². The predicted octanol–water partition coefficient (Wildman–Crippen LogP) is -3.83. The minimum absolute atomic E-state index is 0.140. The SMILES string of the molecule is NC(=O)C[C@H](NC(=O)[C@H](CS)NC(=O)[C@@H](N)CO)C(=O)O. The molecule has 0 aromatic heterocycles. The van der Waals surface area contributed by atoms with Crippen LogP contribution in [-0.2, 0) is 19.2 Å². The zero-order valence-electron chi connectivity index (χ0n) is 11.0. The van der Waals surface area contributed by atoms with Crippen LogP contribution in [0.5, 0.6) is 0 Å². The monoisotopic (exact) mass is 322 g/mol. The van der Waals surface area contributed by atoms with Crippen molar-refractivity contribution in [3.8, 4) is 0 Å². The highest BCUT2D eigenvalue weighted by molar-refractivity contribution is 7.80. The normalized spacial score (nSPS) is 14.6. The maximum absolute atomic E-state index is 11.8. The number of rotatable bonds is 9. The second kappa shape index (κ2) is 9.15. The Hall–Kier alpha value is -1.85. The van der Waals surface area contributed by atoms with Crippen LogP contribution in [0.3, 0.4) is 0 Å². The summed E-state index contributed by atoms with van der Waals surface area (Å²) < 4.78 is 0. The molecule has 0 aliphatic heterocycles. The van der Waals surface area contributed by atoms with Gasteiger partial charge in [0.25, 0.3) is 0 Å². The van der Waals surface area contributed by atoms with Crippen molar-refractivity contribution in [1.82, 2.24) is 10.6 Å². The number of aliphatic hydroxyl groups excluding tert-OH is 1. The zero-order valence-corrected chi connectivity index (χ0v) is 11.9. The van der Waals surface area contributed by atoms with Crippen LogP contribution in [0.15, 0.2) is 0 Å². The van der Waals surface area contributed by atoms with Gasteiger partial charge in [-0.2, -0.15) is 12.6 Å². The van der Waals surface area contributed by atoms with Crippen LogP contribution in [0.1, 0.15) is 6.42 Å². The van der Waals surface area contributed by atoms with E-state index in [2.05, 4.69) is 23.3 Å². The molecule has 120 valence electrons. The first-order chi connectivity index (χ1) is 9.72. The van der Waals surface area contributed by atoms with Gasteiger partial charge in [-0.1, -0.05) is 0 Å². The molecular weight excluding hydrogens is 304 g/mol.